The van der Waals surface area contributed by atoms with E-state index in [1.54, 1.807) is 18.2 Å². The molecule has 1 amide bonds. The molecule has 0 radical (unpaired) electrons. The van der Waals surface area contributed by atoms with Gasteiger partial charge in [0.1, 0.15) is 12.4 Å². The summed E-state index contributed by atoms with van der Waals surface area (Å²) in [5.74, 6) is 0.570. The van der Waals surface area contributed by atoms with E-state index < -0.39 is 10.0 Å². The average Bonchev–Trinajstić information content (AvgIpc) is 3.74. The number of sulfonamides is 1. The van der Waals surface area contributed by atoms with E-state index in [1.165, 1.54) is 17.1 Å². The Kier molecular flexibility index (Phi) is 6.79. The largest absolute Gasteiger partial charge is 0.492 e. The minimum Gasteiger partial charge on any atom is -0.492 e. The first-order chi connectivity index (χ1) is 20.4. The molecule has 1 saturated heterocycles. The zero-order chi connectivity index (χ0) is 28.8. The second-order valence-electron chi connectivity index (χ2n) is 11.3. The van der Waals surface area contributed by atoms with Gasteiger partial charge in [-0.1, -0.05) is 18.2 Å². The lowest BCUT2D eigenvalue weighted by Gasteiger charge is -2.30. The lowest BCUT2D eigenvalue weighted by Crippen LogP contribution is -2.35. The van der Waals surface area contributed by atoms with Crippen molar-refractivity contribution >= 4 is 49.4 Å². The summed E-state index contributed by atoms with van der Waals surface area (Å²) in [6.07, 6.45) is 4.14. The third-order valence-electron chi connectivity index (χ3n) is 8.64. The van der Waals surface area contributed by atoms with E-state index in [4.69, 9.17) is 4.74 Å². The fraction of sp³-hybridized carbons (Fsp3) is 0.303. The molecule has 3 aliphatic heterocycles. The molecule has 4 aromatic rings. The summed E-state index contributed by atoms with van der Waals surface area (Å²) in [5.41, 5.74) is 5.91. The van der Waals surface area contributed by atoms with Gasteiger partial charge in [-0.3, -0.25) is 14.0 Å². The number of carbonyl (C=O) groups is 1. The van der Waals surface area contributed by atoms with Gasteiger partial charge in [-0.25, -0.2) is 8.42 Å². The molecule has 42 heavy (non-hydrogen) atoms. The standard InChI is InChI=1S/C33H34N4O4S/c1-22(30-20-24-19-25(10-12-28(24)34-30)41-18-17-36-14-4-5-15-36)32-27-21-26(11-13-29(27)35-33(32)38)42(39,40)37-16-6-8-23-7-2-3-9-31(23)37/h2-3,7,9-13,19-21,34H,4-6,8,14-18H2,1H3,(H,35,38)/b32-22-. The molecular weight excluding hydrogens is 548 g/mol. The molecule has 0 atom stereocenters. The van der Waals surface area contributed by atoms with E-state index in [9.17, 15) is 13.2 Å². The van der Waals surface area contributed by atoms with Crippen molar-refractivity contribution in [2.24, 2.45) is 0 Å². The highest BCUT2D eigenvalue weighted by atomic mass is 32.2. The summed E-state index contributed by atoms with van der Waals surface area (Å²) in [6.45, 7) is 6.19. The van der Waals surface area contributed by atoms with Crippen LogP contribution in [-0.4, -0.2) is 57.0 Å². The van der Waals surface area contributed by atoms with Crippen LogP contribution in [-0.2, 0) is 21.2 Å². The highest BCUT2D eigenvalue weighted by molar-refractivity contribution is 7.92. The maximum Gasteiger partial charge on any atom is 0.264 e. The molecule has 3 aliphatic rings. The first-order valence-electron chi connectivity index (χ1n) is 14.6. The number of aromatic amines is 1. The van der Waals surface area contributed by atoms with Gasteiger partial charge in [0.2, 0.25) is 0 Å². The predicted molar refractivity (Wildman–Crippen MR) is 166 cm³/mol. The number of likely N-dealkylation sites (tertiary alicyclic amines) is 1. The molecule has 8 nitrogen and oxygen atoms in total. The topological polar surface area (TPSA) is 94.7 Å². The number of benzene rings is 3. The number of ether oxygens (including phenoxy) is 1. The number of para-hydroxylation sites is 1. The second-order valence-corrected chi connectivity index (χ2v) is 13.2. The molecule has 0 saturated carbocycles. The molecule has 2 N–H and O–H groups in total. The van der Waals surface area contributed by atoms with Crippen LogP contribution in [0.25, 0.3) is 22.0 Å². The minimum absolute atomic E-state index is 0.173. The number of carbonyl (C=O) groups excluding carboxylic acids is 1. The summed E-state index contributed by atoms with van der Waals surface area (Å²) < 4.78 is 35.3. The Hall–Kier alpha value is -4.08. The van der Waals surface area contributed by atoms with Gasteiger partial charge in [-0.05, 0) is 105 Å². The number of nitrogens with zero attached hydrogens (tertiary/aromatic N) is 2. The van der Waals surface area contributed by atoms with Crippen LogP contribution in [0.5, 0.6) is 5.75 Å². The molecule has 3 aromatic carbocycles. The van der Waals surface area contributed by atoms with E-state index in [0.717, 1.165) is 71.6 Å². The molecule has 1 aromatic heterocycles. The summed E-state index contributed by atoms with van der Waals surface area (Å²) in [7, 11) is -3.82. The Morgan fingerprint density at radius 1 is 0.952 bits per heavy atom. The number of aryl methyl sites for hydroxylation is 1. The number of allylic oxidation sites excluding steroid dienone is 1. The summed E-state index contributed by atoms with van der Waals surface area (Å²) in [6, 6.07) is 20.5. The van der Waals surface area contributed by atoms with E-state index in [1.807, 2.05) is 55.5 Å². The number of hydrogen-bond acceptors (Lipinski definition) is 5. The predicted octanol–water partition coefficient (Wildman–Crippen LogP) is 5.67. The van der Waals surface area contributed by atoms with Crippen LogP contribution >= 0.6 is 0 Å². The molecule has 0 bridgehead atoms. The van der Waals surface area contributed by atoms with Gasteiger partial charge in [0, 0.05) is 40.9 Å². The van der Waals surface area contributed by atoms with Crippen molar-refractivity contribution in [1.82, 2.24) is 9.88 Å². The molecule has 4 heterocycles. The molecule has 0 spiro atoms. The van der Waals surface area contributed by atoms with Crippen LogP contribution in [0, 0.1) is 0 Å². The number of fused-ring (bicyclic) bond motifs is 3. The van der Waals surface area contributed by atoms with Crippen molar-refractivity contribution in [1.29, 1.82) is 0 Å². The third-order valence-corrected chi connectivity index (χ3v) is 10.4. The van der Waals surface area contributed by atoms with Gasteiger partial charge in [0.15, 0.2) is 0 Å². The minimum atomic E-state index is -3.82. The fourth-order valence-electron chi connectivity index (χ4n) is 6.39. The van der Waals surface area contributed by atoms with Gasteiger partial charge in [-0.15, -0.1) is 0 Å². The Morgan fingerprint density at radius 2 is 1.79 bits per heavy atom. The highest BCUT2D eigenvalue weighted by Crippen LogP contribution is 2.40. The van der Waals surface area contributed by atoms with Crippen LogP contribution in [0.1, 0.15) is 43.0 Å². The number of hydrogen-bond donors (Lipinski definition) is 2. The van der Waals surface area contributed by atoms with Gasteiger partial charge in [0.05, 0.1) is 16.2 Å². The number of H-pyrrole nitrogens is 1. The quantitative estimate of drug-likeness (QED) is 0.274. The third kappa shape index (κ3) is 4.76. The van der Waals surface area contributed by atoms with E-state index in [2.05, 4.69) is 15.2 Å². The molecule has 7 rings (SSSR count). The van der Waals surface area contributed by atoms with Crippen molar-refractivity contribution in [3.8, 4) is 5.75 Å². The van der Waals surface area contributed by atoms with Crippen molar-refractivity contribution in [2.75, 3.05) is 42.4 Å². The highest BCUT2D eigenvalue weighted by Gasteiger charge is 2.33. The van der Waals surface area contributed by atoms with Crippen LogP contribution in [0.2, 0.25) is 0 Å². The fourth-order valence-corrected chi connectivity index (χ4v) is 7.96. The van der Waals surface area contributed by atoms with Gasteiger partial charge >= 0.3 is 0 Å². The summed E-state index contributed by atoms with van der Waals surface area (Å²) in [5, 5.41) is 3.91. The van der Waals surface area contributed by atoms with Gasteiger partial charge < -0.3 is 15.0 Å². The monoisotopic (exact) mass is 582 g/mol. The van der Waals surface area contributed by atoms with Crippen molar-refractivity contribution in [3.05, 3.63) is 83.6 Å². The van der Waals surface area contributed by atoms with Crippen LogP contribution in [0.15, 0.2) is 71.6 Å². The number of aromatic nitrogens is 1. The first-order valence-corrected chi connectivity index (χ1v) is 16.1. The van der Waals surface area contributed by atoms with E-state index >= 15 is 0 Å². The second kappa shape index (κ2) is 10.6. The maximum atomic E-state index is 13.9. The zero-order valence-electron chi connectivity index (χ0n) is 23.7. The van der Waals surface area contributed by atoms with E-state index in [-0.39, 0.29) is 10.8 Å². The molecule has 9 heteroatoms. The van der Waals surface area contributed by atoms with Crippen molar-refractivity contribution in [2.45, 2.75) is 37.5 Å². The van der Waals surface area contributed by atoms with Crippen molar-refractivity contribution in [3.63, 3.8) is 0 Å². The Morgan fingerprint density at radius 3 is 2.64 bits per heavy atom. The molecule has 0 aliphatic carbocycles. The summed E-state index contributed by atoms with van der Waals surface area (Å²) >= 11 is 0. The van der Waals surface area contributed by atoms with Crippen LogP contribution in [0.3, 0.4) is 0 Å². The number of rotatable bonds is 7. The Labute approximate surface area is 246 Å². The normalized spacial score (nSPS) is 18.2. The smallest absolute Gasteiger partial charge is 0.264 e. The van der Waals surface area contributed by atoms with E-state index in [0.29, 0.717) is 30.0 Å². The lowest BCUT2D eigenvalue weighted by molar-refractivity contribution is -0.110. The van der Waals surface area contributed by atoms with Gasteiger partial charge in [0.25, 0.3) is 15.9 Å². The SMILES string of the molecule is C/C(=C1/C(=O)Nc2ccc(S(=O)(=O)N3CCCc4ccccc43)cc21)c1cc2cc(OCCN3CCCC3)ccc2[nH]1. The first kappa shape index (κ1) is 26.8. The average molecular weight is 583 g/mol. The molecule has 1 fully saturated rings. The lowest BCUT2D eigenvalue weighted by atomic mass is 10.00. The molecular formula is C33H34N4O4S. The number of anilines is 2. The molecule has 216 valence electrons. The van der Waals surface area contributed by atoms with Gasteiger partial charge in [-0.2, -0.15) is 0 Å². The molecule has 0 unspecified atom stereocenters. The summed E-state index contributed by atoms with van der Waals surface area (Å²) in [4.78, 5) is 19.2. The number of nitrogens with one attached hydrogen (secondary N) is 2. The maximum absolute atomic E-state index is 13.9. The van der Waals surface area contributed by atoms with Crippen LogP contribution in [0.4, 0.5) is 11.4 Å². The number of amides is 1. The Bertz CT molecular complexity index is 1840. The zero-order valence-corrected chi connectivity index (χ0v) is 24.5. The van der Waals surface area contributed by atoms with Crippen LogP contribution < -0.4 is 14.4 Å². The Balaban J connectivity index is 1.19. The van der Waals surface area contributed by atoms with Crippen molar-refractivity contribution < 1.29 is 17.9 Å².